The van der Waals surface area contributed by atoms with Crippen LogP contribution >= 0.6 is 0 Å². The lowest BCUT2D eigenvalue weighted by Crippen LogP contribution is -2.39. The number of nitrogens with zero attached hydrogens (tertiary/aromatic N) is 2. The second-order valence-electron chi connectivity index (χ2n) is 6.76. The van der Waals surface area contributed by atoms with Crippen LogP contribution in [0.15, 0.2) is 24.3 Å². The quantitative estimate of drug-likeness (QED) is 0.873. The van der Waals surface area contributed by atoms with E-state index in [1.807, 2.05) is 19.9 Å². The molecule has 3 rings (SSSR count). The lowest BCUT2D eigenvalue weighted by molar-refractivity contribution is -0.120. The molecule has 2 N–H and O–H groups in total. The van der Waals surface area contributed by atoms with E-state index in [0.717, 1.165) is 24.2 Å². The van der Waals surface area contributed by atoms with Crippen LogP contribution in [0, 0.1) is 19.7 Å². The zero-order valence-corrected chi connectivity index (χ0v) is 14.8. The van der Waals surface area contributed by atoms with E-state index in [9.17, 15) is 9.18 Å². The summed E-state index contributed by atoms with van der Waals surface area (Å²) in [5.74, 6) is -0.418. The van der Waals surface area contributed by atoms with Gasteiger partial charge in [-0.3, -0.25) is 4.79 Å². The van der Waals surface area contributed by atoms with Crippen molar-refractivity contribution in [3.05, 3.63) is 41.5 Å². The van der Waals surface area contributed by atoms with Crippen molar-refractivity contribution in [2.75, 3.05) is 11.9 Å². The molecular formula is C19H25FN4O. The topological polar surface area (TPSA) is 59.0 Å². The summed E-state index contributed by atoms with van der Waals surface area (Å²) in [5.41, 5.74) is 2.71. The molecule has 1 heterocycles. The highest BCUT2D eigenvalue weighted by molar-refractivity contribution is 5.81. The maximum Gasteiger partial charge on any atom is 0.239 e. The van der Waals surface area contributed by atoms with E-state index in [1.165, 1.54) is 25.3 Å². The van der Waals surface area contributed by atoms with Gasteiger partial charge >= 0.3 is 0 Å². The van der Waals surface area contributed by atoms with Crippen LogP contribution in [0.5, 0.6) is 0 Å². The number of hydrogen-bond acceptors (Lipinski definition) is 3. The number of aromatic nitrogens is 2. The van der Waals surface area contributed by atoms with Crippen LogP contribution in [0.3, 0.4) is 0 Å². The van der Waals surface area contributed by atoms with Gasteiger partial charge in [-0.05, 0) is 51.0 Å². The lowest BCUT2D eigenvalue weighted by Gasteiger charge is -2.22. The van der Waals surface area contributed by atoms with Crippen molar-refractivity contribution in [1.82, 2.24) is 15.1 Å². The van der Waals surface area contributed by atoms with Crippen LogP contribution < -0.4 is 10.6 Å². The molecular weight excluding hydrogens is 319 g/mol. The smallest absolute Gasteiger partial charge is 0.239 e. The maximum atomic E-state index is 14.4. The summed E-state index contributed by atoms with van der Waals surface area (Å²) >= 11 is 0. The van der Waals surface area contributed by atoms with Crippen molar-refractivity contribution < 1.29 is 9.18 Å². The number of aryl methyl sites for hydroxylation is 2. The van der Waals surface area contributed by atoms with E-state index in [1.54, 1.807) is 16.8 Å². The molecule has 0 aliphatic heterocycles. The molecule has 0 unspecified atom stereocenters. The molecule has 0 saturated heterocycles. The molecule has 1 aliphatic carbocycles. The Bertz CT molecular complexity index is 750. The first-order chi connectivity index (χ1) is 12.0. The van der Waals surface area contributed by atoms with Crippen molar-refractivity contribution in [1.29, 1.82) is 0 Å². The third-order valence-electron chi connectivity index (χ3n) is 4.61. The predicted molar refractivity (Wildman–Crippen MR) is 96.5 cm³/mol. The predicted octanol–water partition coefficient (Wildman–Crippen LogP) is 3.49. The van der Waals surface area contributed by atoms with Crippen LogP contribution in [-0.4, -0.2) is 28.3 Å². The number of rotatable bonds is 5. The minimum Gasteiger partial charge on any atom is -0.376 e. The number of amides is 1. The Morgan fingerprint density at radius 3 is 2.64 bits per heavy atom. The summed E-state index contributed by atoms with van der Waals surface area (Å²) < 4.78 is 16.0. The van der Waals surface area contributed by atoms with Crippen molar-refractivity contribution in [3.63, 3.8) is 0 Å². The molecule has 6 heteroatoms. The van der Waals surface area contributed by atoms with E-state index in [-0.39, 0.29) is 24.3 Å². The van der Waals surface area contributed by atoms with Crippen molar-refractivity contribution in [2.45, 2.75) is 52.0 Å². The van der Waals surface area contributed by atoms with E-state index in [2.05, 4.69) is 15.7 Å². The molecule has 25 heavy (non-hydrogen) atoms. The summed E-state index contributed by atoms with van der Waals surface area (Å²) in [6, 6.07) is 7.04. The molecule has 1 aromatic heterocycles. The number of carbonyl (C=O) groups excluding carboxylic acids is 1. The Morgan fingerprint density at radius 2 is 2.00 bits per heavy atom. The molecule has 1 amide bonds. The Morgan fingerprint density at radius 1 is 1.24 bits per heavy atom. The average molecular weight is 344 g/mol. The first-order valence-corrected chi connectivity index (χ1v) is 8.89. The SMILES string of the molecule is Cc1cc(C)n(-c2ccc(NCC(=O)NC3CCCCC3)cc2F)n1. The van der Waals surface area contributed by atoms with Gasteiger partial charge in [0.25, 0.3) is 0 Å². The fourth-order valence-electron chi connectivity index (χ4n) is 3.37. The zero-order chi connectivity index (χ0) is 17.8. The molecule has 134 valence electrons. The molecule has 1 aromatic carbocycles. The Balaban J connectivity index is 1.59. The fourth-order valence-corrected chi connectivity index (χ4v) is 3.37. The maximum absolute atomic E-state index is 14.4. The molecule has 0 bridgehead atoms. The average Bonchev–Trinajstić information content (AvgIpc) is 2.92. The molecule has 1 aliphatic rings. The standard InChI is InChI=1S/C19H25FN4O/c1-13-10-14(2)24(23-13)18-9-8-16(11-17(18)20)21-12-19(25)22-15-6-4-3-5-7-15/h8-11,15,21H,3-7,12H2,1-2H3,(H,22,25). The van der Waals surface area contributed by atoms with Gasteiger partial charge in [-0.1, -0.05) is 19.3 Å². The van der Waals surface area contributed by atoms with Crippen molar-refractivity contribution >= 4 is 11.6 Å². The second kappa shape index (κ2) is 7.68. The first-order valence-electron chi connectivity index (χ1n) is 8.89. The van der Waals surface area contributed by atoms with Crippen LogP contribution in [0.25, 0.3) is 5.69 Å². The fraction of sp³-hybridized carbons (Fsp3) is 0.474. The van der Waals surface area contributed by atoms with Gasteiger partial charge in [0.2, 0.25) is 5.91 Å². The molecule has 5 nitrogen and oxygen atoms in total. The van der Waals surface area contributed by atoms with E-state index in [4.69, 9.17) is 0 Å². The Kier molecular flexibility index (Phi) is 5.36. The summed E-state index contributed by atoms with van der Waals surface area (Å²) in [5, 5.41) is 10.3. The van der Waals surface area contributed by atoms with Crippen molar-refractivity contribution in [2.24, 2.45) is 0 Å². The van der Waals surface area contributed by atoms with Crippen LogP contribution in [0.4, 0.5) is 10.1 Å². The zero-order valence-electron chi connectivity index (χ0n) is 14.8. The number of benzene rings is 1. The minimum absolute atomic E-state index is 0.0464. The van der Waals surface area contributed by atoms with Gasteiger partial charge in [0.05, 0.1) is 12.2 Å². The van der Waals surface area contributed by atoms with Gasteiger partial charge in [0, 0.05) is 17.4 Å². The monoisotopic (exact) mass is 344 g/mol. The number of hydrogen-bond donors (Lipinski definition) is 2. The van der Waals surface area contributed by atoms with E-state index in [0.29, 0.717) is 11.4 Å². The number of carbonyl (C=O) groups is 1. The highest BCUT2D eigenvalue weighted by atomic mass is 19.1. The van der Waals surface area contributed by atoms with Gasteiger partial charge in [-0.25, -0.2) is 9.07 Å². The van der Waals surface area contributed by atoms with Gasteiger partial charge in [-0.2, -0.15) is 5.10 Å². The number of anilines is 1. The lowest BCUT2D eigenvalue weighted by atomic mass is 9.95. The van der Waals surface area contributed by atoms with Crippen LogP contribution in [0.2, 0.25) is 0 Å². The molecule has 2 aromatic rings. The Hall–Kier alpha value is -2.37. The molecule has 0 atom stereocenters. The molecule has 1 fully saturated rings. The second-order valence-corrected chi connectivity index (χ2v) is 6.76. The highest BCUT2D eigenvalue weighted by Gasteiger charge is 2.15. The van der Waals surface area contributed by atoms with Gasteiger partial charge < -0.3 is 10.6 Å². The minimum atomic E-state index is -0.371. The van der Waals surface area contributed by atoms with Crippen molar-refractivity contribution in [3.8, 4) is 5.69 Å². The molecule has 0 radical (unpaired) electrons. The summed E-state index contributed by atoms with van der Waals surface area (Å²) in [6.45, 7) is 3.92. The summed E-state index contributed by atoms with van der Waals surface area (Å²) in [6.07, 6.45) is 5.72. The third kappa shape index (κ3) is 4.38. The molecule has 1 saturated carbocycles. The molecule has 0 spiro atoms. The van der Waals surface area contributed by atoms with Gasteiger partial charge in [0.15, 0.2) is 5.82 Å². The summed E-state index contributed by atoms with van der Waals surface area (Å²) in [7, 11) is 0. The van der Waals surface area contributed by atoms with Crippen LogP contribution in [0.1, 0.15) is 43.5 Å². The Labute approximate surface area is 147 Å². The van der Waals surface area contributed by atoms with Crippen LogP contribution in [-0.2, 0) is 4.79 Å². The normalized spacial score (nSPS) is 15.2. The number of nitrogens with one attached hydrogen (secondary N) is 2. The van der Waals surface area contributed by atoms with Gasteiger partial charge in [-0.15, -0.1) is 0 Å². The third-order valence-corrected chi connectivity index (χ3v) is 4.61. The first kappa shape index (κ1) is 17.5. The highest BCUT2D eigenvalue weighted by Crippen LogP contribution is 2.20. The van der Waals surface area contributed by atoms with E-state index >= 15 is 0 Å². The van der Waals surface area contributed by atoms with Gasteiger partial charge in [0.1, 0.15) is 5.69 Å². The number of halogens is 1. The van der Waals surface area contributed by atoms with E-state index < -0.39 is 0 Å². The summed E-state index contributed by atoms with van der Waals surface area (Å²) in [4.78, 5) is 12.0. The largest absolute Gasteiger partial charge is 0.376 e.